The van der Waals surface area contributed by atoms with E-state index < -0.39 is 10.0 Å². The molecular weight excluding hydrogens is 274 g/mol. The van der Waals surface area contributed by atoms with Crippen LogP contribution in [0.25, 0.3) is 0 Å². The highest BCUT2D eigenvalue weighted by molar-refractivity contribution is 7.89. The highest BCUT2D eigenvalue weighted by atomic mass is 32.2. The van der Waals surface area contributed by atoms with Crippen LogP contribution in [0.15, 0.2) is 17.0 Å². The number of nitrogens with zero attached hydrogens (tertiary/aromatic N) is 1. The summed E-state index contributed by atoms with van der Waals surface area (Å²) in [6, 6.07) is 3.31. The lowest BCUT2D eigenvalue weighted by molar-refractivity contribution is 0.242. The highest BCUT2D eigenvalue weighted by Crippen LogP contribution is 2.23. The molecule has 1 aromatic rings. The number of sulfonamides is 1. The SMILES string of the molecule is Cc1cc(N)cc(S(=O)(=O)NC2CCCN(C)C2)c1C. The summed E-state index contributed by atoms with van der Waals surface area (Å²) in [6.07, 6.45) is 1.89. The van der Waals surface area contributed by atoms with Gasteiger partial charge in [0.25, 0.3) is 0 Å². The number of hydrogen-bond donors (Lipinski definition) is 2. The molecule has 1 atom stereocenters. The smallest absolute Gasteiger partial charge is 0.241 e. The van der Waals surface area contributed by atoms with Gasteiger partial charge in [-0.15, -0.1) is 0 Å². The Bertz CT molecular complexity index is 599. The summed E-state index contributed by atoms with van der Waals surface area (Å²) in [7, 11) is -1.51. The van der Waals surface area contributed by atoms with Crippen LogP contribution in [0.3, 0.4) is 0 Å². The van der Waals surface area contributed by atoms with Gasteiger partial charge in [0.15, 0.2) is 0 Å². The van der Waals surface area contributed by atoms with Crippen molar-refractivity contribution in [3.05, 3.63) is 23.3 Å². The molecule has 6 heteroatoms. The predicted molar refractivity (Wildman–Crippen MR) is 81.2 cm³/mol. The van der Waals surface area contributed by atoms with Crippen molar-refractivity contribution in [2.75, 3.05) is 25.9 Å². The molecular formula is C14H23N3O2S. The van der Waals surface area contributed by atoms with Crippen LogP contribution in [-0.2, 0) is 10.0 Å². The summed E-state index contributed by atoms with van der Waals surface area (Å²) in [6.45, 7) is 5.46. The van der Waals surface area contributed by atoms with Crippen molar-refractivity contribution in [3.8, 4) is 0 Å². The van der Waals surface area contributed by atoms with Gasteiger partial charge in [-0.1, -0.05) is 0 Å². The Morgan fingerprint density at radius 2 is 2.05 bits per heavy atom. The van der Waals surface area contributed by atoms with E-state index in [1.54, 1.807) is 6.07 Å². The number of nitrogens with one attached hydrogen (secondary N) is 1. The Labute approximate surface area is 121 Å². The molecule has 0 bridgehead atoms. The second-order valence-electron chi connectivity index (χ2n) is 5.68. The molecule has 1 fully saturated rings. The number of nitrogen functional groups attached to an aromatic ring is 1. The van der Waals surface area contributed by atoms with Crippen LogP contribution in [0.2, 0.25) is 0 Å². The zero-order valence-corrected chi connectivity index (χ0v) is 13.1. The summed E-state index contributed by atoms with van der Waals surface area (Å²) in [5.74, 6) is 0. The first-order chi connectivity index (χ1) is 9.29. The van der Waals surface area contributed by atoms with Crippen LogP contribution in [0.5, 0.6) is 0 Å². The molecule has 0 spiro atoms. The quantitative estimate of drug-likeness (QED) is 0.824. The van der Waals surface area contributed by atoms with Crippen molar-refractivity contribution in [2.24, 2.45) is 0 Å². The van der Waals surface area contributed by atoms with E-state index in [9.17, 15) is 8.42 Å². The van der Waals surface area contributed by atoms with E-state index in [2.05, 4.69) is 9.62 Å². The third kappa shape index (κ3) is 3.31. The Morgan fingerprint density at radius 3 is 2.70 bits per heavy atom. The van der Waals surface area contributed by atoms with Crippen molar-refractivity contribution in [2.45, 2.75) is 37.6 Å². The van der Waals surface area contributed by atoms with Gasteiger partial charge in [-0.05, 0) is 63.5 Å². The lowest BCUT2D eigenvalue weighted by Gasteiger charge is -2.30. The average Bonchev–Trinajstić information content (AvgIpc) is 2.33. The topological polar surface area (TPSA) is 75.4 Å². The van der Waals surface area contributed by atoms with Crippen molar-refractivity contribution in [1.29, 1.82) is 0 Å². The molecule has 20 heavy (non-hydrogen) atoms. The van der Waals surface area contributed by atoms with Crippen LogP contribution in [0, 0.1) is 13.8 Å². The van der Waals surface area contributed by atoms with Gasteiger partial charge in [0.1, 0.15) is 0 Å². The van der Waals surface area contributed by atoms with Crippen LogP contribution in [-0.4, -0.2) is 39.5 Å². The third-order valence-corrected chi connectivity index (χ3v) is 5.52. The first-order valence-electron chi connectivity index (χ1n) is 6.87. The maximum absolute atomic E-state index is 12.5. The molecule has 1 saturated heterocycles. The van der Waals surface area contributed by atoms with Gasteiger partial charge in [-0.2, -0.15) is 0 Å². The van der Waals surface area contributed by atoms with Crippen LogP contribution < -0.4 is 10.5 Å². The van der Waals surface area contributed by atoms with Gasteiger partial charge in [0, 0.05) is 18.3 Å². The molecule has 3 N–H and O–H groups in total. The van der Waals surface area contributed by atoms with Crippen LogP contribution >= 0.6 is 0 Å². The molecule has 0 amide bonds. The highest BCUT2D eigenvalue weighted by Gasteiger charge is 2.25. The molecule has 112 valence electrons. The first-order valence-corrected chi connectivity index (χ1v) is 8.35. The molecule has 2 rings (SSSR count). The van der Waals surface area contributed by atoms with E-state index >= 15 is 0 Å². The molecule has 5 nitrogen and oxygen atoms in total. The van der Waals surface area contributed by atoms with E-state index in [0.29, 0.717) is 10.6 Å². The monoisotopic (exact) mass is 297 g/mol. The fourth-order valence-corrected chi connectivity index (χ4v) is 4.29. The minimum atomic E-state index is -3.52. The van der Waals surface area contributed by atoms with E-state index in [-0.39, 0.29) is 6.04 Å². The maximum atomic E-state index is 12.5. The Morgan fingerprint density at radius 1 is 1.35 bits per heavy atom. The predicted octanol–water partition coefficient (Wildman–Crippen LogP) is 1.26. The number of rotatable bonds is 3. The fourth-order valence-electron chi connectivity index (χ4n) is 2.68. The zero-order valence-electron chi connectivity index (χ0n) is 12.3. The lowest BCUT2D eigenvalue weighted by Crippen LogP contribution is -2.46. The average molecular weight is 297 g/mol. The van der Waals surface area contributed by atoms with Crippen molar-refractivity contribution in [1.82, 2.24) is 9.62 Å². The summed E-state index contributed by atoms with van der Waals surface area (Å²) in [4.78, 5) is 2.44. The van der Waals surface area contributed by atoms with E-state index in [4.69, 9.17) is 5.73 Å². The minimum Gasteiger partial charge on any atom is -0.399 e. The minimum absolute atomic E-state index is 0.0279. The fraction of sp³-hybridized carbons (Fsp3) is 0.571. The number of piperidine rings is 1. The van der Waals surface area contributed by atoms with Crippen molar-refractivity contribution in [3.63, 3.8) is 0 Å². The second-order valence-corrected chi connectivity index (χ2v) is 7.37. The van der Waals surface area contributed by atoms with Crippen molar-refractivity contribution >= 4 is 15.7 Å². The maximum Gasteiger partial charge on any atom is 0.241 e. The summed E-state index contributed by atoms with van der Waals surface area (Å²) < 4.78 is 27.9. The third-order valence-electron chi connectivity index (χ3n) is 3.88. The number of nitrogens with two attached hydrogens (primary N) is 1. The molecule has 0 radical (unpaired) electrons. The van der Waals surface area contributed by atoms with Crippen LogP contribution in [0.1, 0.15) is 24.0 Å². The first kappa shape index (κ1) is 15.3. The summed E-state index contributed by atoms with van der Waals surface area (Å²) >= 11 is 0. The van der Waals surface area contributed by atoms with Gasteiger partial charge in [0.05, 0.1) is 4.90 Å². The van der Waals surface area contributed by atoms with Gasteiger partial charge >= 0.3 is 0 Å². The number of anilines is 1. The van der Waals surface area contributed by atoms with E-state index in [1.165, 1.54) is 6.07 Å². The van der Waals surface area contributed by atoms with Gasteiger partial charge in [-0.25, -0.2) is 13.1 Å². The Hall–Kier alpha value is -1.11. The van der Waals surface area contributed by atoms with E-state index in [0.717, 1.165) is 37.1 Å². The molecule has 0 aromatic heterocycles. The van der Waals surface area contributed by atoms with E-state index in [1.807, 2.05) is 20.9 Å². The molecule has 0 saturated carbocycles. The zero-order chi connectivity index (χ0) is 14.9. The van der Waals surface area contributed by atoms with Crippen molar-refractivity contribution < 1.29 is 8.42 Å². The normalized spacial score (nSPS) is 21.1. The molecule has 1 aliphatic rings. The summed E-state index contributed by atoms with van der Waals surface area (Å²) in [5, 5.41) is 0. The molecule has 1 aromatic carbocycles. The number of likely N-dealkylation sites (tertiary alicyclic amines) is 1. The molecule has 0 aliphatic carbocycles. The Kier molecular flexibility index (Phi) is 4.36. The Balaban J connectivity index is 2.26. The van der Waals surface area contributed by atoms with Crippen LogP contribution in [0.4, 0.5) is 5.69 Å². The van der Waals surface area contributed by atoms with Gasteiger partial charge in [-0.3, -0.25) is 0 Å². The number of likely N-dealkylation sites (N-methyl/N-ethyl adjacent to an activating group) is 1. The van der Waals surface area contributed by atoms with Gasteiger partial charge < -0.3 is 10.6 Å². The number of benzene rings is 1. The lowest BCUT2D eigenvalue weighted by atomic mass is 10.1. The number of aryl methyl sites for hydroxylation is 1. The van der Waals surface area contributed by atoms with Gasteiger partial charge in [0.2, 0.25) is 10.0 Å². The number of hydrogen-bond acceptors (Lipinski definition) is 4. The standard InChI is InChI=1S/C14H23N3O2S/c1-10-7-12(15)8-14(11(10)2)20(18,19)16-13-5-4-6-17(3)9-13/h7-8,13,16H,4-6,9,15H2,1-3H3. The largest absolute Gasteiger partial charge is 0.399 e. The molecule has 1 heterocycles. The molecule has 1 aliphatic heterocycles. The second kappa shape index (κ2) is 5.71. The summed E-state index contributed by atoms with van der Waals surface area (Å²) in [5.41, 5.74) is 7.92. The molecule has 1 unspecified atom stereocenters.